The second-order valence-electron chi connectivity index (χ2n) is 5.96. The van der Waals surface area contributed by atoms with Gasteiger partial charge in [-0.1, -0.05) is 0 Å². The summed E-state index contributed by atoms with van der Waals surface area (Å²) in [6, 6.07) is 0.421. The molecule has 1 aliphatic carbocycles. The number of carbonyl (C=O) groups excluding carboxylic acids is 2. The van der Waals surface area contributed by atoms with E-state index in [0.29, 0.717) is 12.5 Å². The molecule has 2 N–H and O–H groups in total. The number of nitrogens with zero attached hydrogens (tertiary/aromatic N) is 1. The van der Waals surface area contributed by atoms with Gasteiger partial charge in [-0.25, -0.2) is 0 Å². The van der Waals surface area contributed by atoms with Crippen LogP contribution in [0, 0.1) is 0 Å². The number of rotatable bonds is 4. The highest BCUT2D eigenvalue weighted by molar-refractivity contribution is 7.99. The fraction of sp³-hybridized carbons (Fsp3) is 0.857. The van der Waals surface area contributed by atoms with Crippen molar-refractivity contribution in [1.82, 2.24) is 15.5 Å². The molecule has 0 spiro atoms. The summed E-state index contributed by atoms with van der Waals surface area (Å²) in [4.78, 5) is 26.4. The van der Waals surface area contributed by atoms with Crippen molar-refractivity contribution in [2.45, 2.75) is 50.2 Å². The Balaban J connectivity index is 1.53. The molecule has 2 aliphatic heterocycles. The molecule has 6 heteroatoms. The maximum atomic E-state index is 12.4. The highest BCUT2D eigenvalue weighted by Gasteiger charge is 2.36. The van der Waals surface area contributed by atoms with Gasteiger partial charge in [-0.3, -0.25) is 9.59 Å². The van der Waals surface area contributed by atoms with Crippen molar-refractivity contribution in [3.63, 3.8) is 0 Å². The molecule has 112 valence electrons. The fourth-order valence-corrected chi connectivity index (χ4v) is 3.89. The Bertz CT molecular complexity index is 381. The molecule has 2 heterocycles. The number of hydrogen-bond acceptors (Lipinski definition) is 4. The first-order valence-corrected chi connectivity index (χ1v) is 8.80. The molecule has 2 atom stereocenters. The van der Waals surface area contributed by atoms with Crippen molar-refractivity contribution in [1.29, 1.82) is 0 Å². The predicted octanol–water partition coefficient (Wildman–Crippen LogP) is 0.351. The second kappa shape index (κ2) is 6.35. The van der Waals surface area contributed by atoms with Crippen LogP contribution in [0.3, 0.4) is 0 Å². The molecule has 1 saturated carbocycles. The molecule has 3 fully saturated rings. The van der Waals surface area contributed by atoms with Gasteiger partial charge in [0, 0.05) is 43.1 Å². The lowest BCUT2D eigenvalue weighted by atomic mass is 10.1. The van der Waals surface area contributed by atoms with Crippen molar-refractivity contribution in [2.75, 3.05) is 24.6 Å². The van der Waals surface area contributed by atoms with Gasteiger partial charge in [-0.2, -0.15) is 11.8 Å². The third-order valence-electron chi connectivity index (χ3n) is 4.22. The Hall–Kier alpha value is -0.750. The van der Waals surface area contributed by atoms with E-state index < -0.39 is 0 Å². The standard InChI is InChI=1S/C14H23N3O2S/c18-13(8-11-9-20-7-5-15-11)17-6-1-2-12(17)14(19)16-10-3-4-10/h10-12,15H,1-9H2,(H,16,19). The Kier molecular flexibility index (Phi) is 4.51. The first-order valence-electron chi connectivity index (χ1n) is 7.65. The summed E-state index contributed by atoms with van der Waals surface area (Å²) < 4.78 is 0. The summed E-state index contributed by atoms with van der Waals surface area (Å²) in [7, 11) is 0. The zero-order chi connectivity index (χ0) is 13.9. The van der Waals surface area contributed by atoms with Crippen LogP contribution in [-0.4, -0.2) is 59.4 Å². The van der Waals surface area contributed by atoms with Crippen molar-refractivity contribution in [3.8, 4) is 0 Å². The summed E-state index contributed by atoms with van der Waals surface area (Å²) in [5, 5.41) is 6.42. The third-order valence-corrected chi connectivity index (χ3v) is 5.35. The van der Waals surface area contributed by atoms with Crippen LogP contribution in [0.15, 0.2) is 0 Å². The largest absolute Gasteiger partial charge is 0.352 e. The van der Waals surface area contributed by atoms with Crippen LogP contribution >= 0.6 is 11.8 Å². The van der Waals surface area contributed by atoms with Crippen LogP contribution in [-0.2, 0) is 9.59 Å². The molecule has 3 aliphatic rings. The van der Waals surface area contributed by atoms with Crippen LogP contribution in [0.5, 0.6) is 0 Å². The topological polar surface area (TPSA) is 61.4 Å². The quantitative estimate of drug-likeness (QED) is 0.786. The number of likely N-dealkylation sites (tertiary alicyclic amines) is 1. The van der Waals surface area contributed by atoms with Gasteiger partial charge in [0.05, 0.1) is 0 Å². The predicted molar refractivity (Wildman–Crippen MR) is 79.6 cm³/mol. The molecule has 5 nitrogen and oxygen atoms in total. The van der Waals surface area contributed by atoms with E-state index in [2.05, 4.69) is 10.6 Å². The monoisotopic (exact) mass is 297 g/mol. The van der Waals surface area contributed by atoms with Crippen LogP contribution in [0.25, 0.3) is 0 Å². The van der Waals surface area contributed by atoms with E-state index in [0.717, 1.165) is 50.3 Å². The minimum absolute atomic E-state index is 0.0596. The van der Waals surface area contributed by atoms with Crippen LogP contribution in [0.4, 0.5) is 0 Å². The fourth-order valence-electron chi connectivity index (χ4n) is 2.94. The zero-order valence-electron chi connectivity index (χ0n) is 11.8. The molecule has 2 unspecified atom stereocenters. The van der Waals surface area contributed by atoms with E-state index in [4.69, 9.17) is 0 Å². The van der Waals surface area contributed by atoms with Crippen molar-refractivity contribution < 1.29 is 9.59 Å². The first-order chi connectivity index (χ1) is 9.74. The van der Waals surface area contributed by atoms with Gasteiger partial charge in [-0.05, 0) is 25.7 Å². The highest BCUT2D eigenvalue weighted by atomic mass is 32.2. The molecule has 2 saturated heterocycles. The van der Waals surface area contributed by atoms with E-state index in [1.807, 2.05) is 11.8 Å². The molecule has 2 amide bonds. The zero-order valence-corrected chi connectivity index (χ0v) is 12.6. The molecule has 3 rings (SSSR count). The third kappa shape index (κ3) is 3.47. The van der Waals surface area contributed by atoms with Crippen molar-refractivity contribution in [2.24, 2.45) is 0 Å². The lowest BCUT2D eigenvalue weighted by molar-refractivity contribution is -0.138. The van der Waals surface area contributed by atoms with Crippen LogP contribution < -0.4 is 10.6 Å². The summed E-state index contributed by atoms with van der Waals surface area (Å²) in [5.41, 5.74) is 0. The molecule has 0 aromatic heterocycles. The summed E-state index contributed by atoms with van der Waals surface area (Å²) in [6.45, 7) is 1.72. The number of hydrogen-bond donors (Lipinski definition) is 2. The van der Waals surface area contributed by atoms with E-state index in [1.165, 1.54) is 0 Å². The smallest absolute Gasteiger partial charge is 0.243 e. The van der Waals surface area contributed by atoms with Crippen LogP contribution in [0.1, 0.15) is 32.1 Å². The average molecular weight is 297 g/mol. The Morgan fingerprint density at radius 3 is 2.85 bits per heavy atom. The number of nitrogens with one attached hydrogen (secondary N) is 2. The summed E-state index contributed by atoms with van der Waals surface area (Å²) >= 11 is 1.90. The van der Waals surface area contributed by atoms with Gasteiger partial charge in [0.15, 0.2) is 0 Å². The Morgan fingerprint density at radius 2 is 2.15 bits per heavy atom. The van der Waals surface area contributed by atoms with Gasteiger partial charge in [-0.15, -0.1) is 0 Å². The van der Waals surface area contributed by atoms with E-state index in [-0.39, 0.29) is 23.9 Å². The van der Waals surface area contributed by atoms with Gasteiger partial charge in [0.25, 0.3) is 0 Å². The van der Waals surface area contributed by atoms with Crippen molar-refractivity contribution in [3.05, 3.63) is 0 Å². The average Bonchev–Trinajstić information content (AvgIpc) is 3.12. The highest BCUT2D eigenvalue weighted by Crippen LogP contribution is 2.23. The molecule has 20 heavy (non-hydrogen) atoms. The molecule has 0 aromatic carbocycles. The lowest BCUT2D eigenvalue weighted by Gasteiger charge is -2.28. The van der Waals surface area contributed by atoms with Gasteiger partial charge >= 0.3 is 0 Å². The van der Waals surface area contributed by atoms with E-state index in [1.54, 1.807) is 4.90 Å². The normalized spacial score (nSPS) is 30.3. The molecule has 0 bridgehead atoms. The van der Waals surface area contributed by atoms with E-state index >= 15 is 0 Å². The Morgan fingerprint density at radius 1 is 1.30 bits per heavy atom. The molecule has 0 radical (unpaired) electrons. The SMILES string of the molecule is O=C(NC1CC1)C1CCCN1C(=O)CC1CSCCN1. The van der Waals surface area contributed by atoms with Gasteiger partial charge in [0.2, 0.25) is 11.8 Å². The lowest BCUT2D eigenvalue weighted by Crippen LogP contribution is -2.49. The van der Waals surface area contributed by atoms with Crippen molar-refractivity contribution >= 4 is 23.6 Å². The molecular formula is C14H23N3O2S. The Labute approximate surface area is 124 Å². The maximum absolute atomic E-state index is 12.4. The molecule has 0 aromatic rings. The minimum atomic E-state index is -0.223. The summed E-state index contributed by atoms with van der Waals surface area (Å²) in [6.07, 6.45) is 4.48. The number of thioether (sulfide) groups is 1. The van der Waals surface area contributed by atoms with Gasteiger partial charge in [0.1, 0.15) is 6.04 Å². The maximum Gasteiger partial charge on any atom is 0.243 e. The number of amides is 2. The van der Waals surface area contributed by atoms with Crippen LogP contribution in [0.2, 0.25) is 0 Å². The van der Waals surface area contributed by atoms with Gasteiger partial charge < -0.3 is 15.5 Å². The molecular weight excluding hydrogens is 274 g/mol. The first kappa shape index (κ1) is 14.2. The number of carbonyl (C=O) groups is 2. The second-order valence-corrected chi connectivity index (χ2v) is 7.11. The van der Waals surface area contributed by atoms with E-state index in [9.17, 15) is 9.59 Å². The summed E-state index contributed by atoms with van der Waals surface area (Å²) in [5.74, 6) is 2.32. The minimum Gasteiger partial charge on any atom is -0.352 e.